The Morgan fingerprint density at radius 1 is 0.615 bits per heavy atom. The van der Waals surface area contributed by atoms with Gasteiger partial charge < -0.3 is 19.8 Å². The molecule has 0 aromatic heterocycles. The van der Waals surface area contributed by atoms with E-state index >= 15 is 0 Å². The number of quaternary nitrogens is 1. The molecule has 26 heavy (non-hydrogen) atoms. The summed E-state index contributed by atoms with van der Waals surface area (Å²) in [4.78, 5) is 0. The molecule has 0 amide bonds. The van der Waals surface area contributed by atoms with Crippen molar-refractivity contribution in [1.29, 1.82) is 0 Å². The Labute approximate surface area is 163 Å². The van der Waals surface area contributed by atoms with E-state index in [1.165, 1.54) is 70.6 Å². The van der Waals surface area contributed by atoms with Crippen LogP contribution in [0.1, 0.15) is 97.8 Å². The Morgan fingerprint density at radius 3 is 1.35 bits per heavy atom. The minimum Gasteiger partial charge on any atom is -0.391 e. The van der Waals surface area contributed by atoms with Crippen LogP contribution in [0.25, 0.3) is 0 Å². The molecule has 3 N–H and O–H groups in total. The summed E-state index contributed by atoms with van der Waals surface area (Å²) in [6.45, 7) is 8.76. The van der Waals surface area contributed by atoms with Gasteiger partial charge in [-0.25, -0.2) is 0 Å². The number of rotatable bonds is 19. The maximum Gasteiger partial charge on any atom is 0.105 e. The molecular weight excluding hydrogens is 326 g/mol. The van der Waals surface area contributed by atoms with E-state index in [2.05, 4.69) is 6.92 Å². The summed E-state index contributed by atoms with van der Waals surface area (Å²) < 4.78 is 0.629. The van der Waals surface area contributed by atoms with Gasteiger partial charge in [0, 0.05) is 0 Å². The molecule has 0 aromatic carbocycles. The highest BCUT2D eigenvalue weighted by Gasteiger charge is 2.29. The zero-order chi connectivity index (χ0) is 19.7. The third-order valence-corrected chi connectivity index (χ3v) is 5.36. The maximum atomic E-state index is 9.84. The first-order chi connectivity index (χ1) is 12.5. The molecule has 0 radical (unpaired) electrons. The average molecular weight is 375 g/mol. The first-order valence-electron chi connectivity index (χ1n) is 11.3. The maximum absolute atomic E-state index is 9.84. The molecule has 0 heterocycles. The van der Waals surface area contributed by atoms with Gasteiger partial charge in [-0.2, -0.15) is 0 Å². The van der Waals surface area contributed by atoms with Gasteiger partial charge in [0.2, 0.25) is 0 Å². The van der Waals surface area contributed by atoms with Crippen LogP contribution in [0.3, 0.4) is 0 Å². The summed E-state index contributed by atoms with van der Waals surface area (Å²) >= 11 is 0. The van der Waals surface area contributed by atoms with Crippen molar-refractivity contribution in [3.8, 4) is 0 Å². The van der Waals surface area contributed by atoms with Crippen molar-refractivity contribution in [3.05, 3.63) is 0 Å². The number of unbranched alkanes of at least 4 members (excludes halogenated alkanes) is 11. The fourth-order valence-electron chi connectivity index (χ4n) is 4.17. The van der Waals surface area contributed by atoms with Crippen molar-refractivity contribution in [1.82, 2.24) is 0 Å². The van der Waals surface area contributed by atoms with E-state index in [-0.39, 0.29) is 6.61 Å². The van der Waals surface area contributed by atoms with Crippen LogP contribution in [0.15, 0.2) is 0 Å². The van der Waals surface area contributed by atoms with E-state index in [9.17, 15) is 15.3 Å². The van der Waals surface area contributed by atoms with Gasteiger partial charge in [-0.15, -0.1) is 0 Å². The van der Waals surface area contributed by atoms with Crippen LogP contribution in [0.4, 0.5) is 0 Å². The monoisotopic (exact) mass is 374 g/mol. The van der Waals surface area contributed by atoms with Crippen LogP contribution < -0.4 is 0 Å². The molecule has 0 aliphatic heterocycles. The second-order valence-electron chi connectivity index (χ2n) is 8.46. The van der Waals surface area contributed by atoms with Gasteiger partial charge in [-0.1, -0.05) is 71.1 Å². The summed E-state index contributed by atoms with van der Waals surface area (Å²) in [5.74, 6) is 0. The molecule has 0 aromatic rings. The molecule has 0 saturated heterocycles. The van der Waals surface area contributed by atoms with Gasteiger partial charge in [-0.05, 0) is 26.7 Å². The van der Waals surface area contributed by atoms with Crippen LogP contribution in [0, 0.1) is 0 Å². The van der Waals surface area contributed by atoms with Crippen LogP contribution in [-0.4, -0.2) is 64.8 Å². The Hall–Kier alpha value is -0.160. The van der Waals surface area contributed by atoms with Crippen molar-refractivity contribution < 1.29 is 19.8 Å². The highest BCUT2D eigenvalue weighted by Crippen LogP contribution is 2.16. The average Bonchev–Trinajstić information content (AvgIpc) is 2.55. The second kappa shape index (κ2) is 17.0. The minimum absolute atomic E-state index is 0.109. The molecule has 4 nitrogen and oxygen atoms in total. The van der Waals surface area contributed by atoms with Crippen LogP contribution in [0.2, 0.25) is 0 Å². The van der Waals surface area contributed by atoms with Crippen molar-refractivity contribution in [2.75, 3.05) is 32.8 Å². The number of aliphatic hydroxyl groups is 3. The summed E-state index contributed by atoms with van der Waals surface area (Å²) in [7, 11) is 0. The van der Waals surface area contributed by atoms with Gasteiger partial charge in [0.05, 0.1) is 13.2 Å². The zero-order valence-electron chi connectivity index (χ0n) is 18.0. The summed E-state index contributed by atoms with van der Waals surface area (Å²) in [5.41, 5.74) is 0. The lowest BCUT2D eigenvalue weighted by molar-refractivity contribution is -0.933. The van der Waals surface area contributed by atoms with Gasteiger partial charge >= 0.3 is 0 Å². The molecule has 0 fully saturated rings. The molecule has 0 rings (SSSR count). The van der Waals surface area contributed by atoms with Crippen molar-refractivity contribution in [2.45, 2.75) is 110 Å². The van der Waals surface area contributed by atoms with Gasteiger partial charge in [0.15, 0.2) is 0 Å². The fraction of sp³-hybridized carbons (Fsp3) is 1.00. The van der Waals surface area contributed by atoms with Gasteiger partial charge in [0.25, 0.3) is 0 Å². The van der Waals surface area contributed by atoms with Crippen molar-refractivity contribution >= 4 is 0 Å². The van der Waals surface area contributed by atoms with E-state index in [0.717, 1.165) is 13.0 Å². The van der Waals surface area contributed by atoms with Crippen LogP contribution in [0.5, 0.6) is 0 Å². The molecule has 2 unspecified atom stereocenters. The molecule has 0 saturated carbocycles. The summed E-state index contributed by atoms with van der Waals surface area (Å²) in [6.07, 6.45) is 15.2. The van der Waals surface area contributed by atoms with Crippen molar-refractivity contribution in [2.24, 2.45) is 0 Å². The molecule has 4 heteroatoms. The third kappa shape index (κ3) is 15.0. The Balaban J connectivity index is 3.87. The van der Waals surface area contributed by atoms with E-state index in [4.69, 9.17) is 0 Å². The lowest BCUT2D eigenvalue weighted by Crippen LogP contribution is -2.56. The number of hydrogen-bond acceptors (Lipinski definition) is 3. The van der Waals surface area contributed by atoms with E-state index < -0.39 is 12.2 Å². The van der Waals surface area contributed by atoms with E-state index in [0.29, 0.717) is 24.1 Å². The van der Waals surface area contributed by atoms with Gasteiger partial charge in [0.1, 0.15) is 31.8 Å². The molecule has 0 aliphatic carbocycles. The third-order valence-electron chi connectivity index (χ3n) is 5.36. The molecule has 158 valence electrons. The number of nitrogens with zero attached hydrogens (tertiary/aromatic N) is 1. The zero-order valence-corrected chi connectivity index (χ0v) is 18.0. The van der Waals surface area contributed by atoms with Gasteiger partial charge in [-0.3, -0.25) is 0 Å². The normalized spacial score (nSPS) is 16.4. The minimum atomic E-state index is -0.405. The Kier molecular flexibility index (Phi) is 16.9. The Bertz CT molecular complexity index is 285. The highest BCUT2D eigenvalue weighted by molar-refractivity contribution is 4.56. The lowest BCUT2D eigenvalue weighted by Gasteiger charge is -2.40. The summed E-state index contributed by atoms with van der Waals surface area (Å²) in [6, 6.07) is 0. The van der Waals surface area contributed by atoms with Crippen molar-refractivity contribution in [3.63, 3.8) is 0 Å². The number of aliphatic hydroxyl groups excluding tert-OH is 3. The predicted molar refractivity (Wildman–Crippen MR) is 111 cm³/mol. The topological polar surface area (TPSA) is 60.7 Å². The van der Waals surface area contributed by atoms with Crippen LogP contribution in [-0.2, 0) is 0 Å². The second-order valence-corrected chi connectivity index (χ2v) is 8.46. The Morgan fingerprint density at radius 2 is 1.00 bits per heavy atom. The largest absolute Gasteiger partial charge is 0.391 e. The first-order valence-corrected chi connectivity index (χ1v) is 11.3. The molecule has 0 bridgehead atoms. The molecule has 0 spiro atoms. The lowest BCUT2D eigenvalue weighted by atomic mass is 10.0. The smallest absolute Gasteiger partial charge is 0.105 e. The quantitative estimate of drug-likeness (QED) is 0.234. The summed E-state index contributed by atoms with van der Waals surface area (Å²) in [5, 5.41) is 29.1. The standard InChI is InChI=1S/C22H48NO3/c1-4-5-6-7-8-9-10-11-12-13-14-15-16-23(17-18-24,19-21(2)25)20-22(3)26/h21-22,24-26H,4-20H2,1-3H3/q+1. The number of hydrogen-bond donors (Lipinski definition) is 3. The van der Waals surface area contributed by atoms with Crippen LogP contribution >= 0.6 is 0 Å². The predicted octanol–water partition coefficient (Wildman–Crippen LogP) is 4.26. The molecular formula is C22H48NO3+. The fourth-order valence-corrected chi connectivity index (χ4v) is 4.17. The van der Waals surface area contributed by atoms with E-state index in [1.807, 2.05) is 0 Å². The SMILES string of the molecule is CCCCCCCCCCCCCC[N+](CCO)(CC(C)O)CC(C)O. The first kappa shape index (κ1) is 25.8. The molecule has 0 aliphatic rings. The van der Waals surface area contributed by atoms with E-state index in [1.54, 1.807) is 13.8 Å². The highest BCUT2D eigenvalue weighted by atomic mass is 16.3. The molecule has 2 atom stereocenters.